The molecule has 0 radical (unpaired) electrons. The first kappa shape index (κ1) is 30.4. The molecule has 2 amide bonds. The zero-order chi connectivity index (χ0) is 28.6. The topological polar surface area (TPSA) is 86.8 Å². The number of carbonyl (C=O) groups is 2. The van der Waals surface area contributed by atoms with Crippen molar-refractivity contribution in [2.45, 2.75) is 45.7 Å². The highest BCUT2D eigenvalue weighted by Crippen LogP contribution is 2.26. The number of nitrogens with one attached hydrogen (secondary N) is 1. The van der Waals surface area contributed by atoms with Crippen molar-refractivity contribution >= 4 is 43.5 Å². The Morgan fingerprint density at radius 2 is 1.62 bits per heavy atom. The predicted molar refractivity (Wildman–Crippen MR) is 160 cm³/mol. The molecule has 0 aliphatic rings. The van der Waals surface area contributed by atoms with Gasteiger partial charge >= 0.3 is 0 Å². The Labute approximate surface area is 240 Å². The van der Waals surface area contributed by atoms with E-state index in [2.05, 4.69) is 21.2 Å². The number of amides is 2. The summed E-state index contributed by atoms with van der Waals surface area (Å²) in [4.78, 5) is 28.4. The van der Waals surface area contributed by atoms with Crippen molar-refractivity contribution < 1.29 is 18.0 Å². The van der Waals surface area contributed by atoms with Gasteiger partial charge in [0.1, 0.15) is 6.04 Å². The number of rotatable bonds is 12. The standard InChI is InChI=1S/C30H36BrN3O4S/c1-22-11-8-16-27(23(22)2)34(39(4,37)38)18-10-17-29(35)33(21-25-14-9-15-26(31)19-25)28(30(36)32-3)20-24-12-6-5-7-13-24/h5-9,11-16,19,28H,10,17-18,20-21H2,1-4H3,(H,32,36). The molecule has 0 aromatic heterocycles. The Kier molecular flexibility index (Phi) is 10.7. The molecular weight excluding hydrogens is 578 g/mol. The number of halogens is 1. The Hall–Kier alpha value is -3.17. The molecule has 0 aliphatic carbocycles. The zero-order valence-corrected chi connectivity index (χ0v) is 25.3. The molecule has 0 bridgehead atoms. The van der Waals surface area contributed by atoms with Gasteiger partial charge in [0, 0.05) is 37.5 Å². The van der Waals surface area contributed by atoms with Crippen molar-refractivity contribution in [2.75, 3.05) is 24.2 Å². The van der Waals surface area contributed by atoms with E-state index in [0.29, 0.717) is 18.5 Å². The van der Waals surface area contributed by atoms with Crippen molar-refractivity contribution in [2.24, 2.45) is 0 Å². The minimum absolute atomic E-state index is 0.0904. The van der Waals surface area contributed by atoms with Gasteiger partial charge in [-0.05, 0) is 60.7 Å². The third kappa shape index (κ3) is 8.41. The highest BCUT2D eigenvalue weighted by Gasteiger charge is 2.30. The minimum Gasteiger partial charge on any atom is -0.357 e. The molecule has 7 nitrogen and oxygen atoms in total. The molecular formula is C30H36BrN3O4S. The third-order valence-electron chi connectivity index (χ3n) is 6.76. The maximum absolute atomic E-state index is 13.7. The lowest BCUT2D eigenvalue weighted by Crippen LogP contribution is -2.49. The van der Waals surface area contributed by atoms with E-state index < -0.39 is 16.1 Å². The normalized spacial score (nSPS) is 12.0. The largest absolute Gasteiger partial charge is 0.357 e. The first-order chi connectivity index (χ1) is 18.5. The lowest BCUT2D eigenvalue weighted by molar-refractivity contribution is -0.141. The van der Waals surface area contributed by atoms with Crippen molar-refractivity contribution in [3.8, 4) is 0 Å². The van der Waals surface area contributed by atoms with E-state index in [9.17, 15) is 18.0 Å². The fourth-order valence-corrected chi connectivity index (χ4v) is 6.00. The van der Waals surface area contributed by atoms with Crippen molar-refractivity contribution in [3.63, 3.8) is 0 Å². The van der Waals surface area contributed by atoms with E-state index in [1.54, 1.807) is 18.0 Å². The van der Waals surface area contributed by atoms with E-state index in [1.165, 1.54) is 10.6 Å². The first-order valence-electron chi connectivity index (χ1n) is 12.8. The van der Waals surface area contributed by atoms with Crippen molar-refractivity contribution in [1.29, 1.82) is 0 Å². The fourth-order valence-electron chi connectivity index (χ4n) is 4.54. The molecule has 0 saturated heterocycles. The number of likely N-dealkylation sites (N-methyl/N-ethyl adjacent to an activating group) is 1. The van der Waals surface area contributed by atoms with E-state index >= 15 is 0 Å². The second kappa shape index (κ2) is 13.8. The average molecular weight is 615 g/mol. The van der Waals surface area contributed by atoms with Crippen molar-refractivity contribution in [3.05, 3.63) is 99.5 Å². The van der Waals surface area contributed by atoms with Crippen LogP contribution in [0, 0.1) is 13.8 Å². The van der Waals surface area contributed by atoms with E-state index in [4.69, 9.17) is 0 Å². The Morgan fingerprint density at radius 3 is 2.26 bits per heavy atom. The molecule has 0 aliphatic heterocycles. The Balaban J connectivity index is 1.86. The SMILES string of the molecule is CNC(=O)C(Cc1ccccc1)N(Cc1cccc(Br)c1)C(=O)CCCN(c1cccc(C)c1C)S(C)(=O)=O. The summed E-state index contributed by atoms with van der Waals surface area (Å²) in [6, 6.07) is 22.1. The molecule has 208 valence electrons. The number of sulfonamides is 1. The predicted octanol–water partition coefficient (Wildman–Crippen LogP) is 5.00. The van der Waals surface area contributed by atoms with Crippen LogP contribution in [0.1, 0.15) is 35.1 Å². The molecule has 9 heteroatoms. The summed E-state index contributed by atoms with van der Waals surface area (Å²) in [5, 5.41) is 2.72. The number of anilines is 1. The summed E-state index contributed by atoms with van der Waals surface area (Å²) in [6.07, 6.45) is 1.93. The number of aryl methyl sites for hydroxylation is 1. The number of carbonyl (C=O) groups excluding carboxylic acids is 2. The molecule has 0 spiro atoms. The third-order valence-corrected chi connectivity index (χ3v) is 8.43. The molecule has 1 unspecified atom stereocenters. The van der Waals surface area contributed by atoms with Crippen LogP contribution in [-0.4, -0.2) is 51.0 Å². The fraction of sp³-hybridized carbons (Fsp3) is 0.333. The quantitative estimate of drug-likeness (QED) is 0.311. The van der Waals surface area contributed by atoms with Crippen LogP contribution in [0.3, 0.4) is 0 Å². The number of benzene rings is 3. The molecule has 0 fully saturated rings. The van der Waals surface area contributed by atoms with Crippen LogP contribution in [0.15, 0.2) is 77.3 Å². The molecule has 0 saturated carbocycles. The van der Waals surface area contributed by atoms with Gasteiger partial charge in [-0.2, -0.15) is 0 Å². The second-order valence-corrected chi connectivity index (χ2v) is 12.5. The van der Waals surface area contributed by atoms with E-state index in [1.807, 2.05) is 80.6 Å². The lowest BCUT2D eigenvalue weighted by Gasteiger charge is -2.32. The second-order valence-electron chi connectivity index (χ2n) is 9.63. The first-order valence-corrected chi connectivity index (χ1v) is 15.5. The number of nitrogens with zero attached hydrogens (tertiary/aromatic N) is 2. The summed E-state index contributed by atoms with van der Waals surface area (Å²) in [7, 11) is -2.00. The number of hydrogen-bond acceptors (Lipinski definition) is 4. The monoisotopic (exact) mass is 613 g/mol. The number of hydrogen-bond donors (Lipinski definition) is 1. The molecule has 3 aromatic rings. The maximum atomic E-state index is 13.7. The summed E-state index contributed by atoms with van der Waals surface area (Å²) in [5.74, 6) is -0.468. The highest BCUT2D eigenvalue weighted by atomic mass is 79.9. The van der Waals surface area contributed by atoms with Crippen LogP contribution in [0.25, 0.3) is 0 Å². The summed E-state index contributed by atoms with van der Waals surface area (Å²) < 4.78 is 27.6. The maximum Gasteiger partial charge on any atom is 0.242 e. The molecule has 3 rings (SSSR count). The van der Waals surface area contributed by atoms with E-state index in [-0.39, 0.29) is 31.3 Å². The van der Waals surface area contributed by atoms with Crippen LogP contribution in [0.5, 0.6) is 0 Å². The van der Waals surface area contributed by atoms with E-state index in [0.717, 1.165) is 26.7 Å². The molecule has 0 heterocycles. The van der Waals surface area contributed by atoms with Crippen LogP contribution < -0.4 is 9.62 Å². The van der Waals surface area contributed by atoms with Gasteiger partial charge in [-0.15, -0.1) is 0 Å². The molecule has 1 atom stereocenters. The molecule has 1 N–H and O–H groups in total. The Morgan fingerprint density at radius 1 is 0.949 bits per heavy atom. The van der Waals surface area contributed by atoms with Gasteiger partial charge in [0.2, 0.25) is 21.8 Å². The zero-order valence-electron chi connectivity index (χ0n) is 22.9. The summed E-state index contributed by atoms with van der Waals surface area (Å²) >= 11 is 3.49. The van der Waals surface area contributed by atoms with Gasteiger partial charge in [-0.1, -0.05) is 70.5 Å². The Bertz CT molecular complexity index is 1400. The van der Waals surface area contributed by atoms with Crippen LogP contribution in [0.2, 0.25) is 0 Å². The summed E-state index contributed by atoms with van der Waals surface area (Å²) in [6.45, 7) is 4.23. The van der Waals surface area contributed by atoms with Gasteiger partial charge in [0.25, 0.3) is 0 Å². The summed E-state index contributed by atoms with van der Waals surface area (Å²) in [5.41, 5.74) is 4.31. The average Bonchev–Trinajstić information content (AvgIpc) is 2.90. The van der Waals surface area contributed by atoms with Gasteiger partial charge in [0.15, 0.2) is 0 Å². The minimum atomic E-state index is -3.56. The van der Waals surface area contributed by atoms with Gasteiger partial charge in [-0.25, -0.2) is 8.42 Å². The van der Waals surface area contributed by atoms with Gasteiger partial charge in [-0.3, -0.25) is 13.9 Å². The molecule has 39 heavy (non-hydrogen) atoms. The van der Waals surface area contributed by atoms with Crippen LogP contribution >= 0.6 is 15.9 Å². The van der Waals surface area contributed by atoms with Crippen molar-refractivity contribution in [1.82, 2.24) is 10.2 Å². The van der Waals surface area contributed by atoms with Gasteiger partial charge in [0.05, 0.1) is 11.9 Å². The smallest absolute Gasteiger partial charge is 0.242 e. The lowest BCUT2D eigenvalue weighted by atomic mass is 10.0. The highest BCUT2D eigenvalue weighted by molar-refractivity contribution is 9.10. The van der Waals surface area contributed by atoms with Gasteiger partial charge < -0.3 is 10.2 Å². The molecule has 3 aromatic carbocycles. The van der Waals surface area contributed by atoms with Crippen LogP contribution in [-0.2, 0) is 32.6 Å². The van der Waals surface area contributed by atoms with Crippen LogP contribution in [0.4, 0.5) is 5.69 Å².